The smallest absolute Gasteiger partial charge is 0.326 e. The lowest BCUT2D eigenvalue weighted by molar-refractivity contribution is -0.149. The van der Waals surface area contributed by atoms with Gasteiger partial charge in [-0.05, 0) is 61.2 Å². The zero-order valence-electron chi connectivity index (χ0n) is 18.3. The van der Waals surface area contributed by atoms with Gasteiger partial charge >= 0.3 is 5.97 Å². The van der Waals surface area contributed by atoms with Gasteiger partial charge in [0.05, 0.1) is 26.3 Å². The zero-order chi connectivity index (χ0) is 25.0. The van der Waals surface area contributed by atoms with Crippen molar-refractivity contribution in [2.24, 2.45) is 0 Å². The lowest BCUT2D eigenvalue weighted by atomic mass is 9.94. The van der Waals surface area contributed by atoms with Gasteiger partial charge in [0, 0.05) is 24.0 Å². The summed E-state index contributed by atoms with van der Waals surface area (Å²) >= 11 is 12.3. The first-order valence-electron chi connectivity index (χ1n) is 11.0. The van der Waals surface area contributed by atoms with Gasteiger partial charge in [0.25, 0.3) is 0 Å². The van der Waals surface area contributed by atoms with E-state index >= 15 is 0 Å². The van der Waals surface area contributed by atoms with Crippen LogP contribution in [-0.4, -0.2) is 57.9 Å². The van der Waals surface area contributed by atoms with E-state index in [2.05, 4.69) is 5.10 Å². The Bertz CT molecular complexity index is 1400. The van der Waals surface area contributed by atoms with E-state index in [0.717, 1.165) is 5.56 Å². The first-order valence-corrected chi connectivity index (χ1v) is 13.3. The number of aliphatic carboxylic acids is 1. The molecule has 2 aliphatic rings. The van der Waals surface area contributed by atoms with Crippen LogP contribution in [0.5, 0.6) is 0 Å². The number of carbonyl (C=O) groups excluding carboxylic acids is 1. The van der Waals surface area contributed by atoms with Crippen molar-refractivity contribution >= 4 is 44.9 Å². The Morgan fingerprint density at radius 2 is 1.80 bits per heavy atom. The van der Waals surface area contributed by atoms with E-state index in [4.69, 9.17) is 23.2 Å². The molecular formula is C24H21Cl2N3O5S. The molecule has 0 spiro atoms. The number of likely N-dealkylation sites (tertiary alicyclic amines) is 1. The van der Waals surface area contributed by atoms with Crippen molar-refractivity contribution in [3.63, 3.8) is 0 Å². The molecule has 2 aromatic carbocycles. The minimum absolute atomic E-state index is 0.00878. The van der Waals surface area contributed by atoms with Crippen LogP contribution in [0, 0.1) is 0 Å². The van der Waals surface area contributed by atoms with Crippen molar-refractivity contribution < 1.29 is 23.1 Å². The maximum atomic E-state index is 13.6. The fourth-order valence-electron chi connectivity index (χ4n) is 4.74. The van der Waals surface area contributed by atoms with E-state index in [1.807, 2.05) is 0 Å². The fraction of sp³-hybridized carbons (Fsp3) is 0.292. The van der Waals surface area contributed by atoms with Crippen LogP contribution in [-0.2, 0) is 24.8 Å². The third-order valence-corrected chi connectivity index (χ3v) is 9.66. The number of carboxylic acids is 1. The number of amides is 1. The second-order valence-corrected chi connectivity index (χ2v) is 11.9. The summed E-state index contributed by atoms with van der Waals surface area (Å²) in [6.45, 7) is -0.218. The second kappa shape index (κ2) is 8.65. The average molecular weight is 534 g/mol. The second-order valence-electron chi connectivity index (χ2n) is 8.87. The number of halogens is 2. The van der Waals surface area contributed by atoms with Gasteiger partial charge in [-0.15, -0.1) is 0 Å². The van der Waals surface area contributed by atoms with Gasteiger partial charge in [-0.3, -0.25) is 4.79 Å². The highest BCUT2D eigenvalue weighted by Gasteiger charge is 2.57. The summed E-state index contributed by atoms with van der Waals surface area (Å²) in [5.74, 6) is -1.60. The van der Waals surface area contributed by atoms with Crippen molar-refractivity contribution in [1.29, 1.82) is 0 Å². The molecule has 1 aromatic heterocycles. The van der Waals surface area contributed by atoms with E-state index in [1.54, 1.807) is 53.5 Å². The highest BCUT2D eigenvalue weighted by molar-refractivity contribution is 7.92. The molecule has 35 heavy (non-hydrogen) atoms. The minimum Gasteiger partial charge on any atom is -0.480 e. The van der Waals surface area contributed by atoms with Crippen molar-refractivity contribution in [3.8, 4) is 5.69 Å². The Morgan fingerprint density at radius 1 is 1.09 bits per heavy atom. The first kappa shape index (κ1) is 23.8. The van der Waals surface area contributed by atoms with Crippen LogP contribution in [0.15, 0.2) is 65.8 Å². The maximum absolute atomic E-state index is 13.6. The van der Waals surface area contributed by atoms with Crippen LogP contribution in [0.4, 0.5) is 0 Å². The topological polar surface area (TPSA) is 110 Å². The SMILES string of the molecule is O=C(O)[C@@H]1C[C@@H](S(=O)(=O)c2ccc(-n3cccn3)cc2Cl)CN1C(=O)C1(c2ccc(Cl)cc2)CC1. The van der Waals surface area contributed by atoms with Crippen LogP contribution in [0.3, 0.4) is 0 Å². The third kappa shape index (κ3) is 4.11. The summed E-state index contributed by atoms with van der Waals surface area (Å²) in [4.78, 5) is 26.7. The largest absolute Gasteiger partial charge is 0.480 e. The summed E-state index contributed by atoms with van der Waals surface area (Å²) in [7, 11) is -4.02. The lowest BCUT2D eigenvalue weighted by Crippen LogP contribution is -2.46. The molecule has 182 valence electrons. The van der Waals surface area contributed by atoms with Gasteiger partial charge in [0.1, 0.15) is 6.04 Å². The van der Waals surface area contributed by atoms with E-state index in [0.29, 0.717) is 23.6 Å². The molecule has 2 heterocycles. The Labute approximate surface area is 212 Å². The molecule has 3 aromatic rings. The maximum Gasteiger partial charge on any atom is 0.326 e. The average Bonchev–Trinajstić information content (AvgIpc) is 3.23. The summed E-state index contributed by atoms with van der Waals surface area (Å²) in [6, 6.07) is 11.8. The van der Waals surface area contributed by atoms with Gasteiger partial charge in [-0.1, -0.05) is 35.3 Å². The van der Waals surface area contributed by atoms with Crippen LogP contribution in [0.2, 0.25) is 10.0 Å². The molecule has 11 heteroatoms. The van der Waals surface area contributed by atoms with E-state index in [-0.39, 0.29) is 28.8 Å². The Morgan fingerprint density at radius 3 is 2.37 bits per heavy atom. The number of sulfone groups is 1. The summed E-state index contributed by atoms with van der Waals surface area (Å²) in [5, 5.41) is 13.4. The van der Waals surface area contributed by atoms with Gasteiger partial charge in [-0.25, -0.2) is 17.9 Å². The number of carboxylic acid groups (broad SMARTS) is 1. The lowest BCUT2D eigenvalue weighted by Gasteiger charge is -2.27. The molecule has 1 N–H and O–H groups in total. The standard InChI is InChI=1S/C24H21Cl2N3O5S/c25-16-4-2-15(3-5-16)24(8-9-24)23(32)28-14-18(13-20(28)22(30)31)35(33,34)21-7-6-17(12-19(21)26)29-11-1-10-27-29/h1-7,10-12,18,20H,8-9,13-14H2,(H,30,31)/t18-,20+/m1/s1. The molecule has 1 saturated carbocycles. The van der Waals surface area contributed by atoms with Gasteiger partial charge < -0.3 is 10.0 Å². The summed E-state index contributed by atoms with van der Waals surface area (Å²) < 4.78 is 28.6. The highest BCUT2D eigenvalue weighted by Crippen LogP contribution is 2.51. The molecule has 1 aliphatic carbocycles. The van der Waals surface area contributed by atoms with Crippen LogP contribution in [0.25, 0.3) is 5.69 Å². The van der Waals surface area contributed by atoms with E-state index in [9.17, 15) is 23.1 Å². The molecule has 8 nitrogen and oxygen atoms in total. The first-order chi connectivity index (χ1) is 16.6. The van der Waals surface area contributed by atoms with Crippen LogP contribution < -0.4 is 0 Å². The minimum atomic E-state index is -4.02. The normalized spacial score (nSPS) is 21.1. The number of aromatic nitrogens is 2. The monoisotopic (exact) mass is 533 g/mol. The number of benzene rings is 2. The van der Waals surface area contributed by atoms with Crippen molar-refractivity contribution in [2.45, 2.75) is 40.9 Å². The van der Waals surface area contributed by atoms with Gasteiger partial charge in [0.2, 0.25) is 5.91 Å². The Kier molecular flexibility index (Phi) is 5.89. The van der Waals surface area contributed by atoms with E-state index in [1.165, 1.54) is 17.0 Å². The predicted octanol–water partition coefficient (Wildman–Crippen LogP) is 3.74. The summed E-state index contributed by atoms with van der Waals surface area (Å²) in [6.07, 6.45) is 4.21. The molecule has 2 atom stereocenters. The highest BCUT2D eigenvalue weighted by atomic mass is 35.5. The van der Waals surface area contributed by atoms with Gasteiger partial charge in [0.15, 0.2) is 9.84 Å². The van der Waals surface area contributed by atoms with Crippen molar-refractivity contribution in [2.75, 3.05) is 6.54 Å². The molecule has 0 unspecified atom stereocenters. The number of nitrogens with zero attached hydrogens (tertiary/aromatic N) is 3. The van der Waals surface area contributed by atoms with Crippen LogP contribution >= 0.6 is 23.2 Å². The fourth-order valence-corrected chi connectivity index (χ4v) is 7.10. The van der Waals surface area contributed by atoms with Crippen molar-refractivity contribution in [1.82, 2.24) is 14.7 Å². The molecule has 1 amide bonds. The third-order valence-electron chi connectivity index (χ3n) is 6.79. The molecule has 5 rings (SSSR count). The number of hydrogen-bond donors (Lipinski definition) is 1. The predicted molar refractivity (Wildman–Crippen MR) is 130 cm³/mol. The van der Waals surface area contributed by atoms with Crippen molar-refractivity contribution in [3.05, 3.63) is 76.5 Å². The number of rotatable bonds is 6. The van der Waals surface area contributed by atoms with Gasteiger partial charge in [-0.2, -0.15) is 5.10 Å². The molecule has 0 bridgehead atoms. The molecule has 0 radical (unpaired) electrons. The molecular weight excluding hydrogens is 513 g/mol. The quantitative estimate of drug-likeness (QED) is 0.516. The number of carbonyl (C=O) groups is 2. The van der Waals surface area contributed by atoms with E-state index < -0.39 is 32.5 Å². The number of hydrogen-bond acceptors (Lipinski definition) is 5. The molecule has 2 fully saturated rings. The summed E-state index contributed by atoms with van der Waals surface area (Å²) in [5.41, 5.74) is 0.490. The van der Waals surface area contributed by atoms with Crippen LogP contribution in [0.1, 0.15) is 24.8 Å². The molecule has 1 saturated heterocycles. The Hall–Kier alpha value is -2.88. The molecule has 1 aliphatic heterocycles. The zero-order valence-corrected chi connectivity index (χ0v) is 20.7. The Balaban J connectivity index is 1.43.